The number of amides is 4. The van der Waals surface area contributed by atoms with E-state index < -0.39 is 53.3 Å². The number of hydrogen-bond donors (Lipinski definition) is 3. The van der Waals surface area contributed by atoms with Crippen molar-refractivity contribution in [1.82, 2.24) is 20.9 Å². The van der Waals surface area contributed by atoms with Crippen molar-refractivity contribution >= 4 is 35.2 Å². The maximum absolute atomic E-state index is 14.1. The summed E-state index contributed by atoms with van der Waals surface area (Å²) in [7, 11) is 0. The van der Waals surface area contributed by atoms with Crippen molar-refractivity contribution in [1.29, 1.82) is 0 Å². The Hall–Kier alpha value is -3.30. The molecule has 0 aromatic heterocycles. The van der Waals surface area contributed by atoms with E-state index in [-0.39, 0.29) is 42.0 Å². The van der Waals surface area contributed by atoms with Gasteiger partial charge in [-0.25, -0.2) is 0 Å². The number of allylic oxidation sites excluding steroid dienone is 1. The Bertz CT molecular complexity index is 1080. The first-order valence-corrected chi connectivity index (χ1v) is 14.9. The highest BCUT2D eigenvalue weighted by Crippen LogP contribution is 2.65. The van der Waals surface area contributed by atoms with Gasteiger partial charge in [-0.05, 0) is 48.9 Å². The molecule has 10 nitrogen and oxygen atoms in total. The van der Waals surface area contributed by atoms with Gasteiger partial charge in [-0.1, -0.05) is 59.1 Å². The molecular formula is C31H46N4O6. The number of nitrogens with one attached hydrogen (secondary N) is 3. The average molecular weight is 571 g/mol. The standard InChI is InChI=1S/C31H46N4O6/c1-7-9-15-21(26(37)28(39)32-16-8-2)33-27(38)24-22-20(31(22,5)6)17-35(24)30(41)23(19-13-11-10-12-14-19)34-29(40)25(36)18(3)4/h7-8,18-24H,1-2,9-17H2,3-6H3,(H,32,39)(H,33,38)(H,34,40)/t20-,21-,22-,23-,24-/m0/s1. The van der Waals surface area contributed by atoms with Gasteiger partial charge in [0.05, 0.1) is 6.04 Å². The molecule has 0 spiro atoms. The van der Waals surface area contributed by atoms with Crippen LogP contribution < -0.4 is 16.0 Å². The Morgan fingerprint density at radius 1 is 0.927 bits per heavy atom. The predicted octanol–water partition coefficient (Wildman–Crippen LogP) is 2.08. The minimum absolute atomic E-state index is 0.0837. The predicted molar refractivity (Wildman–Crippen MR) is 154 cm³/mol. The molecule has 0 unspecified atom stereocenters. The zero-order chi connectivity index (χ0) is 30.5. The van der Waals surface area contributed by atoms with Crippen LogP contribution in [-0.4, -0.2) is 71.3 Å². The molecule has 1 heterocycles. The number of carbonyl (C=O) groups excluding carboxylic acids is 6. The van der Waals surface area contributed by atoms with Crippen LogP contribution >= 0.6 is 0 Å². The number of Topliss-reactive ketones (excluding diaryl/α,β-unsaturated/α-hetero) is 2. The average Bonchev–Trinajstić information content (AvgIpc) is 3.26. The van der Waals surface area contributed by atoms with Crippen LogP contribution in [0.15, 0.2) is 25.3 Å². The SMILES string of the molecule is C=CCC[C@H](NC(=O)[C@@H]1[C@@H]2[C@H](CN1C(=O)[C@@H](NC(=O)C(=O)C(C)C)C1CCCCC1)C2(C)C)C(=O)C(=O)NCC=C. The highest BCUT2D eigenvalue weighted by molar-refractivity contribution is 6.38. The summed E-state index contributed by atoms with van der Waals surface area (Å²) < 4.78 is 0. The van der Waals surface area contributed by atoms with E-state index in [4.69, 9.17) is 0 Å². The third-order valence-corrected chi connectivity index (χ3v) is 9.11. The second-order valence-electron chi connectivity index (χ2n) is 12.5. The fourth-order valence-corrected chi connectivity index (χ4v) is 6.54. The summed E-state index contributed by atoms with van der Waals surface area (Å²) in [6.07, 6.45) is 8.02. The fourth-order valence-electron chi connectivity index (χ4n) is 6.54. The number of carbonyl (C=O) groups is 6. The van der Waals surface area contributed by atoms with Gasteiger partial charge in [-0.3, -0.25) is 28.8 Å². The van der Waals surface area contributed by atoms with E-state index in [0.717, 1.165) is 32.1 Å². The topological polar surface area (TPSA) is 142 Å². The lowest BCUT2D eigenvalue weighted by Gasteiger charge is -2.37. The Balaban J connectivity index is 1.86. The lowest BCUT2D eigenvalue weighted by atomic mass is 9.82. The minimum atomic E-state index is -1.08. The molecule has 0 bridgehead atoms. The van der Waals surface area contributed by atoms with Crippen molar-refractivity contribution in [2.24, 2.45) is 29.1 Å². The van der Waals surface area contributed by atoms with E-state index in [0.29, 0.717) is 13.0 Å². The highest BCUT2D eigenvalue weighted by atomic mass is 16.2. The van der Waals surface area contributed by atoms with Crippen molar-refractivity contribution in [3.05, 3.63) is 25.3 Å². The molecule has 3 aliphatic rings. The zero-order valence-electron chi connectivity index (χ0n) is 24.9. The molecule has 3 fully saturated rings. The normalized spacial score (nSPS) is 24.4. The van der Waals surface area contributed by atoms with E-state index in [1.807, 2.05) is 0 Å². The van der Waals surface area contributed by atoms with E-state index >= 15 is 0 Å². The van der Waals surface area contributed by atoms with E-state index in [1.54, 1.807) is 19.9 Å². The lowest BCUT2D eigenvalue weighted by Crippen LogP contribution is -2.60. The van der Waals surface area contributed by atoms with Crippen molar-refractivity contribution in [3.8, 4) is 0 Å². The first-order chi connectivity index (χ1) is 19.4. The first kappa shape index (κ1) is 32.2. The molecule has 41 heavy (non-hydrogen) atoms. The van der Waals surface area contributed by atoms with Crippen LogP contribution in [0.3, 0.4) is 0 Å². The quantitative estimate of drug-likeness (QED) is 0.216. The molecule has 226 valence electrons. The molecule has 3 N–H and O–H groups in total. The van der Waals surface area contributed by atoms with Gasteiger partial charge in [0.1, 0.15) is 12.1 Å². The monoisotopic (exact) mass is 570 g/mol. The van der Waals surface area contributed by atoms with Crippen molar-refractivity contribution in [2.75, 3.05) is 13.1 Å². The minimum Gasteiger partial charge on any atom is -0.346 e. The summed E-state index contributed by atoms with van der Waals surface area (Å²) in [4.78, 5) is 80.1. The largest absolute Gasteiger partial charge is 0.346 e. The van der Waals surface area contributed by atoms with Crippen molar-refractivity contribution in [2.45, 2.75) is 90.8 Å². The third kappa shape index (κ3) is 7.13. The summed E-state index contributed by atoms with van der Waals surface area (Å²) >= 11 is 0. The summed E-state index contributed by atoms with van der Waals surface area (Å²) in [5.41, 5.74) is -0.183. The Kier molecular flexibility index (Phi) is 10.7. The Morgan fingerprint density at radius 2 is 1.59 bits per heavy atom. The number of nitrogens with zero attached hydrogens (tertiary/aromatic N) is 1. The zero-order valence-corrected chi connectivity index (χ0v) is 24.9. The van der Waals surface area contributed by atoms with E-state index in [1.165, 1.54) is 11.0 Å². The number of rotatable bonds is 14. The van der Waals surface area contributed by atoms with Crippen LogP contribution in [0.25, 0.3) is 0 Å². The van der Waals surface area contributed by atoms with Gasteiger partial charge in [-0.15, -0.1) is 13.2 Å². The summed E-state index contributed by atoms with van der Waals surface area (Å²) in [6.45, 7) is 15.0. The van der Waals surface area contributed by atoms with Crippen LogP contribution in [0.2, 0.25) is 0 Å². The molecular weight excluding hydrogens is 524 g/mol. The van der Waals surface area contributed by atoms with Gasteiger partial charge in [-0.2, -0.15) is 0 Å². The van der Waals surface area contributed by atoms with Crippen LogP contribution in [0.4, 0.5) is 0 Å². The fraction of sp³-hybridized carbons (Fsp3) is 0.677. The molecule has 5 atom stereocenters. The second-order valence-corrected chi connectivity index (χ2v) is 12.5. The van der Waals surface area contributed by atoms with Gasteiger partial charge in [0.15, 0.2) is 0 Å². The summed E-state index contributed by atoms with van der Waals surface area (Å²) in [6, 6.07) is -2.86. The molecule has 10 heteroatoms. The number of hydrogen-bond acceptors (Lipinski definition) is 6. The Morgan fingerprint density at radius 3 is 2.17 bits per heavy atom. The molecule has 0 radical (unpaired) electrons. The van der Waals surface area contributed by atoms with Gasteiger partial charge in [0, 0.05) is 19.0 Å². The van der Waals surface area contributed by atoms with Crippen LogP contribution in [0, 0.1) is 29.1 Å². The molecule has 3 rings (SSSR count). The molecule has 2 aliphatic carbocycles. The maximum Gasteiger partial charge on any atom is 0.289 e. The summed E-state index contributed by atoms with van der Waals surface area (Å²) in [5.74, 6) is -4.52. The molecule has 0 aromatic carbocycles. The number of fused-ring (bicyclic) bond motifs is 1. The van der Waals surface area contributed by atoms with Crippen LogP contribution in [0.5, 0.6) is 0 Å². The number of likely N-dealkylation sites (tertiary alicyclic amines) is 1. The third-order valence-electron chi connectivity index (χ3n) is 9.11. The molecule has 2 saturated carbocycles. The number of ketones is 2. The van der Waals surface area contributed by atoms with Crippen LogP contribution in [-0.2, 0) is 28.8 Å². The molecule has 0 aromatic rings. The highest BCUT2D eigenvalue weighted by Gasteiger charge is 2.69. The van der Waals surface area contributed by atoms with Crippen molar-refractivity contribution in [3.63, 3.8) is 0 Å². The Labute approximate surface area is 243 Å². The van der Waals surface area contributed by atoms with Gasteiger partial charge in [0.25, 0.3) is 11.8 Å². The second kappa shape index (κ2) is 13.6. The molecule has 4 amide bonds. The van der Waals surface area contributed by atoms with Crippen molar-refractivity contribution < 1.29 is 28.8 Å². The molecule has 1 aliphatic heterocycles. The molecule has 1 saturated heterocycles. The summed E-state index contributed by atoms with van der Waals surface area (Å²) in [5, 5.41) is 7.96. The van der Waals surface area contributed by atoms with E-state index in [2.05, 4.69) is 43.0 Å². The van der Waals surface area contributed by atoms with Gasteiger partial charge < -0.3 is 20.9 Å². The smallest absolute Gasteiger partial charge is 0.289 e. The van der Waals surface area contributed by atoms with Crippen LogP contribution in [0.1, 0.15) is 72.6 Å². The first-order valence-electron chi connectivity index (χ1n) is 14.9. The lowest BCUT2D eigenvalue weighted by molar-refractivity contribution is -0.147. The van der Waals surface area contributed by atoms with Gasteiger partial charge in [0.2, 0.25) is 23.4 Å². The number of piperidine rings is 1. The van der Waals surface area contributed by atoms with Gasteiger partial charge >= 0.3 is 0 Å². The maximum atomic E-state index is 14.1. The van der Waals surface area contributed by atoms with E-state index in [9.17, 15) is 28.8 Å².